The Bertz CT molecular complexity index is 537. The average molecular weight is 269 g/mol. The second kappa shape index (κ2) is 5.46. The van der Waals surface area contributed by atoms with Crippen LogP contribution in [0.1, 0.15) is 17.2 Å². The molecule has 4 heteroatoms. The van der Waals surface area contributed by atoms with Crippen LogP contribution in [0.2, 0.25) is 5.02 Å². The molecule has 1 unspecified atom stereocenters. The number of rotatable bonds is 3. The van der Waals surface area contributed by atoms with E-state index in [-0.39, 0.29) is 12.0 Å². The van der Waals surface area contributed by atoms with Gasteiger partial charge in [-0.2, -0.15) is 0 Å². The van der Waals surface area contributed by atoms with Gasteiger partial charge in [0.2, 0.25) is 0 Å². The van der Waals surface area contributed by atoms with E-state index in [4.69, 9.17) is 11.6 Å². The van der Waals surface area contributed by atoms with Crippen LogP contribution in [0.4, 0.5) is 8.78 Å². The highest BCUT2D eigenvalue weighted by Gasteiger charge is 2.11. The molecule has 0 heterocycles. The third-order valence-electron chi connectivity index (χ3n) is 2.59. The van der Waals surface area contributed by atoms with E-state index in [2.05, 4.69) is 0 Å². The summed E-state index contributed by atoms with van der Waals surface area (Å²) in [4.78, 5) is 0. The van der Waals surface area contributed by atoms with Crippen molar-refractivity contribution in [2.24, 2.45) is 0 Å². The molecule has 0 aromatic heterocycles. The molecule has 0 spiro atoms. The summed E-state index contributed by atoms with van der Waals surface area (Å²) in [6.07, 6.45) is -0.711. The Kier molecular flexibility index (Phi) is 3.94. The molecule has 1 nitrogen and oxygen atoms in total. The minimum absolute atomic E-state index is 0.215. The zero-order valence-corrected chi connectivity index (χ0v) is 10.2. The van der Waals surface area contributed by atoms with E-state index < -0.39 is 17.7 Å². The minimum Gasteiger partial charge on any atom is -0.388 e. The van der Waals surface area contributed by atoms with E-state index in [1.165, 1.54) is 0 Å². The summed E-state index contributed by atoms with van der Waals surface area (Å²) in [5.74, 6) is -1.40. The van der Waals surface area contributed by atoms with E-state index in [0.717, 1.165) is 23.8 Å². The molecular weight excluding hydrogens is 258 g/mol. The highest BCUT2D eigenvalue weighted by Crippen LogP contribution is 2.21. The topological polar surface area (TPSA) is 20.2 Å². The van der Waals surface area contributed by atoms with Crippen LogP contribution in [-0.4, -0.2) is 5.11 Å². The summed E-state index contributed by atoms with van der Waals surface area (Å²) in [7, 11) is 0. The van der Waals surface area contributed by atoms with Crippen molar-refractivity contribution in [1.82, 2.24) is 0 Å². The number of hydrogen-bond donors (Lipinski definition) is 1. The molecule has 1 atom stereocenters. The monoisotopic (exact) mass is 268 g/mol. The molecule has 94 valence electrons. The molecule has 0 radical (unpaired) electrons. The number of benzene rings is 2. The van der Waals surface area contributed by atoms with E-state index in [1.807, 2.05) is 0 Å². The van der Waals surface area contributed by atoms with E-state index >= 15 is 0 Å². The van der Waals surface area contributed by atoms with Gasteiger partial charge in [0.1, 0.15) is 11.6 Å². The zero-order chi connectivity index (χ0) is 13.1. The maximum atomic E-state index is 13.0. The quantitative estimate of drug-likeness (QED) is 0.895. The molecular formula is C14H11ClF2O. The van der Waals surface area contributed by atoms with Crippen LogP contribution in [0.5, 0.6) is 0 Å². The Balaban J connectivity index is 2.19. The van der Waals surface area contributed by atoms with Gasteiger partial charge in [0, 0.05) is 17.5 Å². The van der Waals surface area contributed by atoms with Crippen molar-refractivity contribution in [2.45, 2.75) is 12.5 Å². The molecule has 0 saturated carbocycles. The summed E-state index contributed by atoms with van der Waals surface area (Å²) < 4.78 is 26.0. The molecule has 18 heavy (non-hydrogen) atoms. The summed E-state index contributed by atoms with van der Waals surface area (Å²) >= 11 is 5.82. The first-order chi connectivity index (χ1) is 8.54. The van der Waals surface area contributed by atoms with Crippen LogP contribution in [0.15, 0.2) is 42.5 Å². The third-order valence-corrected chi connectivity index (χ3v) is 2.82. The van der Waals surface area contributed by atoms with Crippen molar-refractivity contribution >= 4 is 11.6 Å². The van der Waals surface area contributed by atoms with E-state index in [9.17, 15) is 13.9 Å². The van der Waals surface area contributed by atoms with Gasteiger partial charge in [-0.25, -0.2) is 8.78 Å². The Labute approximate surface area is 109 Å². The fourth-order valence-corrected chi connectivity index (χ4v) is 1.99. The van der Waals surface area contributed by atoms with Gasteiger partial charge in [0.05, 0.1) is 6.10 Å². The third kappa shape index (κ3) is 3.28. The van der Waals surface area contributed by atoms with Gasteiger partial charge in [-0.1, -0.05) is 23.7 Å². The van der Waals surface area contributed by atoms with Crippen LogP contribution >= 0.6 is 11.6 Å². The predicted molar refractivity (Wildman–Crippen MR) is 66.5 cm³/mol. The van der Waals surface area contributed by atoms with Crippen molar-refractivity contribution < 1.29 is 13.9 Å². The first-order valence-corrected chi connectivity index (χ1v) is 5.81. The molecule has 0 saturated heterocycles. The summed E-state index contributed by atoms with van der Waals surface area (Å²) in [6.45, 7) is 0. The largest absolute Gasteiger partial charge is 0.388 e. The number of aliphatic hydroxyl groups excluding tert-OH is 1. The SMILES string of the molecule is OC(Cc1cccc(Cl)c1)c1cc(F)cc(F)c1. The van der Waals surface area contributed by atoms with Gasteiger partial charge in [-0.3, -0.25) is 0 Å². The second-order valence-corrected chi connectivity index (χ2v) is 4.49. The smallest absolute Gasteiger partial charge is 0.126 e. The van der Waals surface area contributed by atoms with E-state index in [0.29, 0.717) is 5.02 Å². The Morgan fingerprint density at radius 1 is 1.06 bits per heavy atom. The van der Waals surface area contributed by atoms with Crippen LogP contribution in [0.25, 0.3) is 0 Å². The molecule has 0 aliphatic rings. The minimum atomic E-state index is -0.964. The average Bonchev–Trinajstić information content (AvgIpc) is 2.27. The van der Waals surface area contributed by atoms with Gasteiger partial charge in [0.25, 0.3) is 0 Å². The van der Waals surface area contributed by atoms with Crippen molar-refractivity contribution in [3.63, 3.8) is 0 Å². The zero-order valence-electron chi connectivity index (χ0n) is 9.41. The number of halogens is 3. The fourth-order valence-electron chi connectivity index (χ4n) is 1.77. The number of hydrogen-bond acceptors (Lipinski definition) is 1. The van der Waals surface area contributed by atoms with Crippen molar-refractivity contribution in [3.8, 4) is 0 Å². The van der Waals surface area contributed by atoms with E-state index in [1.54, 1.807) is 24.3 Å². The van der Waals surface area contributed by atoms with Gasteiger partial charge in [0.15, 0.2) is 0 Å². The maximum Gasteiger partial charge on any atom is 0.126 e. The highest BCUT2D eigenvalue weighted by molar-refractivity contribution is 6.30. The lowest BCUT2D eigenvalue weighted by molar-refractivity contribution is 0.177. The second-order valence-electron chi connectivity index (χ2n) is 4.05. The lowest BCUT2D eigenvalue weighted by Crippen LogP contribution is -2.03. The first-order valence-electron chi connectivity index (χ1n) is 5.43. The molecule has 1 N–H and O–H groups in total. The number of aliphatic hydroxyl groups is 1. The Hall–Kier alpha value is -1.45. The molecule has 0 aliphatic carbocycles. The van der Waals surface area contributed by atoms with Crippen molar-refractivity contribution in [3.05, 3.63) is 70.2 Å². The van der Waals surface area contributed by atoms with Gasteiger partial charge >= 0.3 is 0 Å². The highest BCUT2D eigenvalue weighted by atomic mass is 35.5. The van der Waals surface area contributed by atoms with Crippen LogP contribution in [0.3, 0.4) is 0 Å². The summed E-state index contributed by atoms with van der Waals surface area (Å²) in [5, 5.41) is 10.5. The Morgan fingerprint density at radius 2 is 1.72 bits per heavy atom. The van der Waals surface area contributed by atoms with Gasteiger partial charge < -0.3 is 5.11 Å². The maximum absolute atomic E-state index is 13.0. The molecule has 2 rings (SSSR count). The summed E-state index contributed by atoms with van der Waals surface area (Å²) in [5.41, 5.74) is 1.02. The van der Waals surface area contributed by atoms with Crippen LogP contribution in [0, 0.1) is 11.6 Å². The normalized spacial score (nSPS) is 12.4. The lowest BCUT2D eigenvalue weighted by Gasteiger charge is -2.11. The lowest BCUT2D eigenvalue weighted by atomic mass is 10.0. The fraction of sp³-hybridized carbons (Fsp3) is 0.143. The molecule has 0 aliphatic heterocycles. The molecule has 2 aromatic carbocycles. The Morgan fingerprint density at radius 3 is 2.33 bits per heavy atom. The van der Waals surface area contributed by atoms with Crippen LogP contribution < -0.4 is 0 Å². The molecule has 0 bridgehead atoms. The van der Waals surface area contributed by atoms with Crippen LogP contribution in [-0.2, 0) is 6.42 Å². The van der Waals surface area contributed by atoms with Gasteiger partial charge in [-0.15, -0.1) is 0 Å². The summed E-state index contributed by atoms with van der Waals surface area (Å²) in [6, 6.07) is 10.0. The molecule has 0 amide bonds. The first kappa shape index (κ1) is 13.0. The predicted octanol–water partition coefficient (Wildman–Crippen LogP) is 3.89. The van der Waals surface area contributed by atoms with Crippen molar-refractivity contribution in [2.75, 3.05) is 0 Å². The van der Waals surface area contributed by atoms with Crippen molar-refractivity contribution in [1.29, 1.82) is 0 Å². The molecule has 0 fully saturated rings. The standard InChI is InChI=1S/C14H11ClF2O/c15-11-3-1-2-9(4-11)5-14(18)10-6-12(16)8-13(17)7-10/h1-4,6-8,14,18H,5H2. The van der Waals surface area contributed by atoms with Gasteiger partial charge in [-0.05, 0) is 35.4 Å². The molecule has 2 aromatic rings.